The summed E-state index contributed by atoms with van der Waals surface area (Å²) in [5.41, 5.74) is -1.67. The molecule has 0 aromatic heterocycles. The largest absolute Gasteiger partial charge is 0.464 e. The van der Waals surface area contributed by atoms with Crippen molar-refractivity contribution in [2.24, 2.45) is 0 Å². The van der Waals surface area contributed by atoms with Gasteiger partial charge in [0, 0.05) is 5.02 Å². The molecule has 17 heavy (non-hydrogen) atoms. The number of alkyl halides is 1. The van der Waals surface area contributed by atoms with Crippen LogP contribution in [0.1, 0.15) is 19.4 Å². The Hall–Kier alpha value is -1.13. The van der Waals surface area contributed by atoms with Gasteiger partial charge in [0.25, 0.3) is 0 Å². The van der Waals surface area contributed by atoms with Gasteiger partial charge in [-0.25, -0.2) is 9.18 Å². The standard InChI is InChI=1S/C12H14ClFO3/c1-3-17-11(15)10(14)12(2,16)8-4-6-9(13)7-5-8/h4-7,10,16H,3H2,1-2H3/t10?,12-/m0/s1. The molecule has 0 aliphatic rings. The fourth-order valence-corrected chi connectivity index (χ4v) is 1.50. The number of halogens is 2. The lowest BCUT2D eigenvalue weighted by molar-refractivity contribution is -0.160. The van der Waals surface area contributed by atoms with Crippen LogP contribution in [0.15, 0.2) is 24.3 Å². The van der Waals surface area contributed by atoms with Gasteiger partial charge in [0.2, 0.25) is 6.17 Å². The molecule has 0 heterocycles. The third-order valence-corrected chi connectivity index (χ3v) is 2.67. The van der Waals surface area contributed by atoms with Gasteiger partial charge in [-0.15, -0.1) is 0 Å². The Kier molecular flexibility index (Phi) is 4.48. The minimum atomic E-state index is -2.14. The Morgan fingerprint density at radius 1 is 1.53 bits per heavy atom. The van der Waals surface area contributed by atoms with Crippen LogP contribution in [0.25, 0.3) is 0 Å². The van der Waals surface area contributed by atoms with Crippen molar-refractivity contribution in [3.05, 3.63) is 34.9 Å². The van der Waals surface area contributed by atoms with E-state index >= 15 is 0 Å². The molecule has 3 nitrogen and oxygen atoms in total. The summed E-state index contributed by atoms with van der Waals surface area (Å²) in [4.78, 5) is 11.2. The molecule has 2 atom stereocenters. The van der Waals surface area contributed by atoms with E-state index in [1.807, 2.05) is 0 Å². The maximum atomic E-state index is 13.8. The van der Waals surface area contributed by atoms with Gasteiger partial charge in [0.1, 0.15) is 5.60 Å². The Morgan fingerprint density at radius 2 is 2.06 bits per heavy atom. The smallest absolute Gasteiger partial charge is 0.344 e. The topological polar surface area (TPSA) is 46.5 Å². The van der Waals surface area contributed by atoms with E-state index in [2.05, 4.69) is 4.74 Å². The first-order chi connectivity index (χ1) is 7.89. The first kappa shape index (κ1) is 13.9. The van der Waals surface area contributed by atoms with Crippen LogP contribution in [0, 0.1) is 0 Å². The van der Waals surface area contributed by atoms with Crippen LogP contribution in [-0.4, -0.2) is 23.9 Å². The summed E-state index contributed by atoms with van der Waals surface area (Å²) in [5, 5.41) is 10.5. The summed E-state index contributed by atoms with van der Waals surface area (Å²) in [7, 11) is 0. The molecule has 0 spiro atoms. The number of hydrogen-bond acceptors (Lipinski definition) is 3. The molecule has 1 aromatic rings. The Morgan fingerprint density at radius 3 is 2.53 bits per heavy atom. The highest BCUT2D eigenvalue weighted by Crippen LogP contribution is 2.28. The van der Waals surface area contributed by atoms with E-state index in [0.29, 0.717) is 5.02 Å². The first-order valence-corrected chi connectivity index (χ1v) is 5.56. The lowest BCUT2D eigenvalue weighted by Gasteiger charge is -2.26. The quantitative estimate of drug-likeness (QED) is 0.846. The third kappa shape index (κ3) is 3.17. The van der Waals surface area contributed by atoms with Gasteiger partial charge in [-0.3, -0.25) is 0 Å². The molecule has 5 heteroatoms. The number of benzene rings is 1. The van der Waals surface area contributed by atoms with Crippen LogP contribution in [-0.2, 0) is 15.1 Å². The van der Waals surface area contributed by atoms with E-state index in [4.69, 9.17) is 11.6 Å². The van der Waals surface area contributed by atoms with Gasteiger partial charge in [-0.1, -0.05) is 23.7 Å². The zero-order chi connectivity index (χ0) is 13.1. The normalized spacial score (nSPS) is 16.1. The SMILES string of the molecule is CCOC(=O)C(F)[C@@](C)(O)c1ccc(Cl)cc1. The molecule has 1 rings (SSSR count). The molecule has 0 aliphatic heterocycles. The highest BCUT2D eigenvalue weighted by atomic mass is 35.5. The molecule has 0 fully saturated rings. The summed E-state index contributed by atoms with van der Waals surface area (Å²) in [6.45, 7) is 2.86. The van der Waals surface area contributed by atoms with Gasteiger partial charge in [-0.2, -0.15) is 0 Å². The lowest BCUT2D eigenvalue weighted by atomic mass is 9.91. The van der Waals surface area contributed by atoms with E-state index in [0.717, 1.165) is 0 Å². The van der Waals surface area contributed by atoms with Crippen LogP contribution >= 0.6 is 11.6 Å². The maximum Gasteiger partial charge on any atom is 0.344 e. The minimum absolute atomic E-state index is 0.0654. The average molecular weight is 261 g/mol. The van der Waals surface area contributed by atoms with Crippen LogP contribution in [0.2, 0.25) is 5.02 Å². The second-order valence-electron chi connectivity index (χ2n) is 3.77. The Bertz CT molecular complexity index is 389. The predicted molar refractivity (Wildman–Crippen MR) is 62.6 cm³/mol. The molecule has 1 unspecified atom stereocenters. The number of carbonyl (C=O) groups excluding carboxylic acids is 1. The molecule has 0 bridgehead atoms. The van der Waals surface area contributed by atoms with Crippen molar-refractivity contribution in [2.45, 2.75) is 25.6 Å². The van der Waals surface area contributed by atoms with Crippen molar-refractivity contribution in [3.63, 3.8) is 0 Å². The van der Waals surface area contributed by atoms with Crippen molar-refractivity contribution >= 4 is 17.6 Å². The molecule has 0 radical (unpaired) electrons. The van der Waals surface area contributed by atoms with Crippen LogP contribution in [0.3, 0.4) is 0 Å². The Labute approximate surface area is 104 Å². The fourth-order valence-electron chi connectivity index (χ4n) is 1.38. The molecule has 1 aromatic carbocycles. The number of hydrogen-bond donors (Lipinski definition) is 1. The van der Waals surface area contributed by atoms with E-state index in [1.165, 1.54) is 31.2 Å². The summed E-state index contributed by atoms with van der Waals surface area (Å²) in [6, 6.07) is 5.97. The van der Waals surface area contributed by atoms with Crippen LogP contribution in [0.4, 0.5) is 4.39 Å². The Balaban J connectivity index is 2.93. The van der Waals surface area contributed by atoms with Crippen molar-refractivity contribution in [3.8, 4) is 0 Å². The summed E-state index contributed by atoms with van der Waals surface area (Å²) < 4.78 is 18.3. The molecular weight excluding hydrogens is 247 g/mol. The molecule has 0 amide bonds. The van der Waals surface area contributed by atoms with Gasteiger partial charge in [0.05, 0.1) is 6.61 Å². The minimum Gasteiger partial charge on any atom is -0.464 e. The van der Waals surface area contributed by atoms with Crippen LogP contribution < -0.4 is 0 Å². The number of carbonyl (C=O) groups is 1. The fraction of sp³-hybridized carbons (Fsp3) is 0.417. The maximum absolute atomic E-state index is 13.8. The van der Waals surface area contributed by atoms with E-state index in [9.17, 15) is 14.3 Å². The zero-order valence-corrected chi connectivity index (χ0v) is 10.4. The number of esters is 1. The second kappa shape index (κ2) is 5.47. The zero-order valence-electron chi connectivity index (χ0n) is 9.61. The summed E-state index contributed by atoms with van der Waals surface area (Å²) in [6.07, 6.45) is -2.14. The van der Waals surface area contributed by atoms with Crippen molar-refractivity contribution in [1.82, 2.24) is 0 Å². The molecule has 0 saturated carbocycles. The lowest BCUT2D eigenvalue weighted by Crippen LogP contribution is -2.40. The van der Waals surface area contributed by atoms with Crippen molar-refractivity contribution in [1.29, 1.82) is 0 Å². The molecule has 0 aliphatic carbocycles. The summed E-state index contributed by atoms with van der Waals surface area (Å²) in [5.74, 6) is -1.08. The highest BCUT2D eigenvalue weighted by molar-refractivity contribution is 6.30. The average Bonchev–Trinajstić information content (AvgIpc) is 2.29. The van der Waals surface area contributed by atoms with Gasteiger partial charge < -0.3 is 9.84 Å². The molecule has 0 saturated heterocycles. The van der Waals surface area contributed by atoms with E-state index < -0.39 is 17.7 Å². The third-order valence-electron chi connectivity index (χ3n) is 2.42. The molecular formula is C12H14ClFO3. The van der Waals surface area contributed by atoms with Gasteiger partial charge in [0.15, 0.2) is 0 Å². The predicted octanol–water partition coefficient (Wildman–Crippen LogP) is 2.45. The second-order valence-corrected chi connectivity index (χ2v) is 4.21. The van der Waals surface area contributed by atoms with Crippen molar-refractivity contribution < 1.29 is 19.0 Å². The number of rotatable bonds is 4. The van der Waals surface area contributed by atoms with Gasteiger partial charge >= 0.3 is 5.97 Å². The highest BCUT2D eigenvalue weighted by Gasteiger charge is 2.40. The molecule has 1 N–H and O–H groups in total. The number of aliphatic hydroxyl groups is 1. The first-order valence-electron chi connectivity index (χ1n) is 5.18. The monoisotopic (exact) mass is 260 g/mol. The molecule has 94 valence electrons. The number of ether oxygens (including phenoxy) is 1. The van der Waals surface area contributed by atoms with Crippen LogP contribution in [0.5, 0.6) is 0 Å². The van der Waals surface area contributed by atoms with Crippen molar-refractivity contribution in [2.75, 3.05) is 6.61 Å². The van der Waals surface area contributed by atoms with E-state index in [1.54, 1.807) is 6.92 Å². The van der Waals surface area contributed by atoms with E-state index in [-0.39, 0.29) is 12.2 Å². The summed E-state index contributed by atoms with van der Waals surface area (Å²) >= 11 is 5.69. The van der Waals surface area contributed by atoms with Gasteiger partial charge in [-0.05, 0) is 31.5 Å².